The summed E-state index contributed by atoms with van der Waals surface area (Å²) < 4.78 is 5.38. The van der Waals surface area contributed by atoms with Crippen molar-refractivity contribution < 1.29 is 14.1 Å². The van der Waals surface area contributed by atoms with E-state index in [-0.39, 0.29) is 24.5 Å². The van der Waals surface area contributed by atoms with Crippen LogP contribution >= 0.6 is 0 Å². The van der Waals surface area contributed by atoms with Crippen LogP contribution in [0.5, 0.6) is 0 Å². The number of benzene rings is 1. The van der Waals surface area contributed by atoms with Gasteiger partial charge in [0.25, 0.3) is 0 Å². The van der Waals surface area contributed by atoms with Gasteiger partial charge in [-0.3, -0.25) is 9.78 Å². The van der Waals surface area contributed by atoms with E-state index in [0.29, 0.717) is 36.8 Å². The maximum atomic E-state index is 12.3. The van der Waals surface area contributed by atoms with E-state index in [0.717, 1.165) is 5.56 Å². The number of nitrogens with zero attached hydrogens (tertiary/aromatic N) is 4. The summed E-state index contributed by atoms with van der Waals surface area (Å²) in [6, 6.07) is 12.2. The van der Waals surface area contributed by atoms with Gasteiger partial charge >= 0.3 is 6.03 Å². The number of hydrogen-bond donors (Lipinski definition) is 2. The number of carbonyl (C=O) groups is 2. The number of rotatable bonds is 6. The van der Waals surface area contributed by atoms with E-state index in [1.807, 2.05) is 30.3 Å². The average Bonchev–Trinajstić information content (AvgIpc) is 3.35. The zero-order valence-corrected chi connectivity index (χ0v) is 15.6. The quantitative estimate of drug-likeness (QED) is 0.667. The van der Waals surface area contributed by atoms with E-state index in [9.17, 15) is 9.59 Å². The molecule has 29 heavy (non-hydrogen) atoms. The molecule has 0 aliphatic carbocycles. The Hall–Kier alpha value is -3.75. The number of amides is 3. The lowest BCUT2D eigenvalue weighted by Gasteiger charge is -2.21. The third-order valence-corrected chi connectivity index (χ3v) is 4.64. The Labute approximate surface area is 167 Å². The van der Waals surface area contributed by atoms with Gasteiger partial charge in [-0.05, 0) is 36.2 Å². The number of para-hydroxylation sites is 1. The molecule has 0 radical (unpaired) electrons. The highest BCUT2D eigenvalue weighted by Gasteiger charge is 2.35. The molecule has 1 atom stereocenters. The first kappa shape index (κ1) is 18.6. The Kier molecular flexibility index (Phi) is 5.46. The van der Waals surface area contributed by atoms with Crippen molar-refractivity contribution in [3.63, 3.8) is 0 Å². The van der Waals surface area contributed by atoms with Gasteiger partial charge in [-0.2, -0.15) is 4.98 Å². The molecular weight excluding hydrogens is 372 g/mol. The maximum Gasteiger partial charge on any atom is 0.319 e. The zero-order chi connectivity index (χ0) is 20.1. The fourth-order valence-electron chi connectivity index (χ4n) is 3.20. The average molecular weight is 392 g/mol. The Morgan fingerprint density at radius 2 is 1.97 bits per heavy atom. The molecule has 0 spiro atoms. The zero-order valence-electron chi connectivity index (χ0n) is 15.6. The fraction of sp³-hybridized carbons (Fsp3) is 0.250. The van der Waals surface area contributed by atoms with Crippen molar-refractivity contribution in [1.29, 1.82) is 0 Å². The summed E-state index contributed by atoms with van der Waals surface area (Å²) in [7, 11) is 0. The van der Waals surface area contributed by atoms with Gasteiger partial charge in [-0.15, -0.1) is 0 Å². The van der Waals surface area contributed by atoms with Crippen molar-refractivity contribution in [2.75, 3.05) is 5.32 Å². The molecule has 9 nitrogen and oxygen atoms in total. The molecule has 4 rings (SSSR count). The molecule has 148 valence electrons. The summed E-state index contributed by atoms with van der Waals surface area (Å²) in [6.07, 6.45) is 4.45. The molecule has 1 aliphatic heterocycles. The molecule has 1 fully saturated rings. The molecule has 1 aromatic carbocycles. The van der Waals surface area contributed by atoms with Gasteiger partial charge in [0, 0.05) is 31.0 Å². The highest BCUT2D eigenvalue weighted by molar-refractivity contribution is 5.89. The lowest BCUT2D eigenvalue weighted by molar-refractivity contribution is -0.130. The Morgan fingerprint density at radius 3 is 2.76 bits per heavy atom. The van der Waals surface area contributed by atoms with Crippen LogP contribution in [0.1, 0.15) is 36.2 Å². The first-order valence-corrected chi connectivity index (χ1v) is 9.30. The van der Waals surface area contributed by atoms with E-state index in [1.54, 1.807) is 29.4 Å². The highest BCUT2D eigenvalue weighted by Crippen LogP contribution is 2.33. The lowest BCUT2D eigenvalue weighted by atomic mass is 10.2. The topological polar surface area (TPSA) is 113 Å². The van der Waals surface area contributed by atoms with E-state index in [4.69, 9.17) is 4.52 Å². The van der Waals surface area contributed by atoms with Crippen molar-refractivity contribution in [2.45, 2.75) is 32.0 Å². The van der Waals surface area contributed by atoms with Crippen LogP contribution in [0, 0.1) is 0 Å². The van der Waals surface area contributed by atoms with Gasteiger partial charge in [0.1, 0.15) is 6.04 Å². The Bertz CT molecular complexity index is 976. The normalized spacial score (nSPS) is 16.1. The molecule has 3 amide bonds. The van der Waals surface area contributed by atoms with Gasteiger partial charge in [0.15, 0.2) is 5.82 Å². The number of pyridine rings is 1. The van der Waals surface area contributed by atoms with Crippen molar-refractivity contribution >= 4 is 17.6 Å². The van der Waals surface area contributed by atoms with E-state index in [1.165, 1.54) is 0 Å². The molecular formula is C20H20N6O3. The Morgan fingerprint density at radius 1 is 1.17 bits per heavy atom. The lowest BCUT2D eigenvalue weighted by Crippen LogP contribution is -2.29. The van der Waals surface area contributed by atoms with E-state index in [2.05, 4.69) is 25.8 Å². The summed E-state index contributed by atoms with van der Waals surface area (Å²) in [5.74, 6) is 0.781. The molecule has 9 heteroatoms. The van der Waals surface area contributed by atoms with Crippen molar-refractivity contribution in [3.05, 3.63) is 72.1 Å². The summed E-state index contributed by atoms with van der Waals surface area (Å²) >= 11 is 0. The summed E-state index contributed by atoms with van der Waals surface area (Å²) in [4.78, 5) is 34.4. The summed E-state index contributed by atoms with van der Waals surface area (Å²) in [6.45, 7) is 0.578. The number of likely N-dealkylation sites (tertiary alicyclic amines) is 1. The second kappa shape index (κ2) is 8.51. The standard InChI is InChI=1S/C20H20N6O3/c27-18-7-6-16(26(18)13-14-8-10-21-11-9-14)19-24-17(25-29-19)12-22-20(28)23-15-4-2-1-3-5-15/h1-5,8-11,16H,6-7,12-13H2,(H2,22,23,28)/t16-/m0/s1. The first-order chi connectivity index (χ1) is 14.2. The highest BCUT2D eigenvalue weighted by atomic mass is 16.5. The molecule has 1 aliphatic rings. The van der Waals surface area contributed by atoms with E-state index >= 15 is 0 Å². The smallest absolute Gasteiger partial charge is 0.319 e. The van der Waals surface area contributed by atoms with Crippen LogP contribution in [0.25, 0.3) is 0 Å². The van der Waals surface area contributed by atoms with Crippen molar-refractivity contribution in [3.8, 4) is 0 Å². The molecule has 3 heterocycles. The van der Waals surface area contributed by atoms with Crippen molar-refractivity contribution in [2.24, 2.45) is 0 Å². The maximum absolute atomic E-state index is 12.3. The third-order valence-electron chi connectivity index (χ3n) is 4.64. The first-order valence-electron chi connectivity index (χ1n) is 9.30. The predicted molar refractivity (Wildman–Crippen MR) is 103 cm³/mol. The summed E-state index contributed by atoms with van der Waals surface area (Å²) in [5.41, 5.74) is 1.68. The number of nitrogens with one attached hydrogen (secondary N) is 2. The summed E-state index contributed by atoms with van der Waals surface area (Å²) in [5, 5.41) is 9.34. The molecule has 2 N–H and O–H groups in total. The largest absolute Gasteiger partial charge is 0.337 e. The van der Waals surface area contributed by atoms with Crippen LogP contribution in [-0.2, 0) is 17.9 Å². The van der Waals surface area contributed by atoms with Crippen LogP contribution < -0.4 is 10.6 Å². The van der Waals surface area contributed by atoms with Gasteiger partial charge in [0.05, 0.1) is 6.54 Å². The van der Waals surface area contributed by atoms with Crippen molar-refractivity contribution in [1.82, 2.24) is 25.3 Å². The van der Waals surface area contributed by atoms with Gasteiger partial charge < -0.3 is 20.1 Å². The molecule has 3 aromatic rings. The predicted octanol–water partition coefficient (Wildman–Crippen LogP) is 2.65. The van der Waals surface area contributed by atoms with Crippen LogP contribution in [0.3, 0.4) is 0 Å². The van der Waals surface area contributed by atoms with Crippen LogP contribution in [0.15, 0.2) is 59.4 Å². The minimum Gasteiger partial charge on any atom is -0.337 e. The molecule has 2 aromatic heterocycles. The van der Waals surface area contributed by atoms with Crippen LogP contribution in [0.2, 0.25) is 0 Å². The number of urea groups is 1. The second-order valence-electron chi connectivity index (χ2n) is 6.65. The number of aromatic nitrogens is 3. The number of anilines is 1. The Balaban J connectivity index is 1.36. The van der Waals surface area contributed by atoms with Gasteiger partial charge in [0.2, 0.25) is 11.8 Å². The third kappa shape index (κ3) is 4.57. The number of hydrogen-bond acceptors (Lipinski definition) is 6. The molecule has 0 unspecified atom stereocenters. The van der Waals surface area contributed by atoms with Gasteiger partial charge in [-0.1, -0.05) is 23.4 Å². The SMILES string of the molecule is O=C(NCc1noc([C@@H]2CCC(=O)N2Cc2ccncc2)n1)Nc1ccccc1. The minimum atomic E-state index is -0.363. The van der Waals surface area contributed by atoms with E-state index < -0.39 is 0 Å². The second-order valence-corrected chi connectivity index (χ2v) is 6.65. The number of carbonyl (C=O) groups excluding carboxylic acids is 2. The van der Waals surface area contributed by atoms with Gasteiger partial charge in [-0.25, -0.2) is 4.79 Å². The molecule has 0 saturated carbocycles. The minimum absolute atomic E-state index is 0.0481. The fourth-order valence-corrected chi connectivity index (χ4v) is 3.20. The van der Waals surface area contributed by atoms with Crippen LogP contribution in [-0.4, -0.2) is 32.0 Å². The van der Waals surface area contributed by atoms with Crippen LogP contribution in [0.4, 0.5) is 10.5 Å². The monoisotopic (exact) mass is 392 g/mol. The molecule has 1 saturated heterocycles. The molecule has 0 bridgehead atoms.